The minimum atomic E-state index is -0.654. The van der Waals surface area contributed by atoms with Gasteiger partial charge in [0.25, 0.3) is 0 Å². The highest BCUT2D eigenvalue weighted by molar-refractivity contribution is 5.21. The van der Waals surface area contributed by atoms with Crippen LogP contribution in [0.1, 0.15) is 38.3 Å². The summed E-state index contributed by atoms with van der Waals surface area (Å²) in [6, 6.07) is 7.83. The van der Waals surface area contributed by atoms with Crippen molar-refractivity contribution in [2.24, 2.45) is 5.92 Å². The van der Waals surface area contributed by atoms with Crippen LogP contribution in [0.3, 0.4) is 0 Å². The van der Waals surface area contributed by atoms with Crippen molar-refractivity contribution in [3.63, 3.8) is 0 Å². The zero-order valence-corrected chi connectivity index (χ0v) is 11.6. The molecule has 0 aromatic heterocycles. The zero-order valence-electron chi connectivity index (χ0n) is 11.6. The molecule has 102 valence electrons. The summed E-state index contributed by atoms with van der Waals surface area (Å²) in [4.78, 5) is 0. The first-order chi connectivity index (χ1) is 8.43. The molecule has 1 unspecified atom stereocenters. The first-order valence-electron chi connectivity index (χ1n) is 6.55. The van der Waals surface area contributed by atoms with Gasteiger partial charge in [0.05, 0.1) is 12.2 Å². The molecule has 0 aliphatic rings. The van der Waals surface area contributed by atoms with E-state index in [0.29, 0.717) is 12.5 Å². The average molecular weight is 251 g/mol. The highest BCUT2D eigenvalue weighted by Crippen LogP contribution is 2.15. The second kappa shape index (κ2) is 6.88. The SMILES string of the molecule is CC(C)CC(C)(O)CNCc1ccc(CO)cc1. The minimum Gasteiger partial charge on any atom is -0.392 e. The van der Waals surface area contributed by atoms with Crippen molar-refractivity contribution in [1.29, 1.82) is 0 Å². The van der Waals surface area contributed by atoms with Crippen molar-refractivity contribution in [3.8, 4) is 0 Å². The van der Waals surface area contributed by atoms with Gasteiger partial charge in [0.15, 0.2) is 0 Å². The molecular weight excluding hydrogens is 226 g/mol. The predicted octanol–water partition coefficient (Wildman–Crippen LogP) is 2.07. The van der Waals surface area contributed by atoms with Gasteiger partial charge < -0.3 is 15.5 Å². The number of rotatable bonds is 7. The Hall–Kier alpha value is -0.900. The van der Waals surface area contributed by atoms with Gasteiger partial charge in [-0.15, -0.1) is 0 Å². The molecule has 0 aliphatic carbocycles. The number of aliphatic hydroxyl groups is 2. The topological polar surface area (TPSA) is 52.5 Å². The van der Waals surface area contributed by atoms with Crippen LogP contribution in [-0.4, -0.2) is 22.4 Å². The summed E-state index contributed by atoms with van der Waals surface area (Å²) in [5.41, 5.74) is 1.43. The molecule has 0 saturated heterocycles. The summed E-state index contributed by atoms with van der Waals surface area (Å²) in [7, 11) is 0. The van der Waals surface area contributed by atoms with E-state index in [1.165, 1.54) is 0 Å². The molecule has 1 aromatic rings. The Labute approximate surface area is 110 Å². The fourth-order valence-corrected chi connectivity index (χ4v) is 2.19. The van der Waals surface area contributed by atoms with E-state index in [1.807, 2.05) is 31.2 Å². The Morgan fingerprint density at radius 3 is 2.22 bits per heavy atom. The van der Waals surface area contributed by atoms with Gasteiger partial charge in [-0.3, -0.25) is 0 Å². The van der Waals surface area contributed by atoms with Crippen LogP contribution < -0.4 is 5.32 Å². The number of aliphatic hydroxyl groups excluding tert-OH is 1. The maximum atomic E-state index is 10.1. The van der Waals surface area contributed by atoms with Gasteiger partial charge in [0, 0.05) is 13.1 Å². The number of hydrogen-bond donors (Lipinski definition) is 3. The third-order valence-electron chi connectivity index (χ3n) is 2.89. The van der Waals surface area contributed by atoms with Crippen LogP contribution in [0.15, 0.2) is 24.3 Å². The Bertz CT molecular complexity index is 344. The predicted molar refractivity (Wildman–Crippen MR) is 74.2 cm³/mol. The maximum Gasteiger partial charge on any atom is 0.0746 e. The smallest absolute Gasteiger partial charge is 0.0746 e. The van der Waals surface area contributed by atoms with Gasteiger partial charge in [0.1, 0.15) is 0 Å². The Balaban J connectivity index is 2.36. The normalized spacial score (nSPS) is 14.8. The van der Waals surface area contributed by atoms with Crippen LogP contribution in [0, 0.1) is 5.92 Å². The van der Waals surface area contributed by atoms with E-state index in [1.54, 1.807) is 0 Å². The van der Waals surface area contributed by atoms with Crippen LogP contribution in [0.2, 0.25) is 0 Å². The van der Waals surface area contributed by atoms with E-state index >= 15 is 0 Å². The summed E-state index contributed by atoms with van der Waals surface area (Å²) in [5, 5.41) is 22.4. The van der Waals surface area contributed by atoms with E-state index < -0.39 is 5.60 Å². The Morgan fingerprint density at radius 1 is 1.17 bits per heavy atom. The molecule has 1 rings (SSSR count). The van der Waals surface area contributed by atoms with Crippen LogP contribution in [0.25, 0.3) is 0 Å². The highest BCUT2D eigenvalue weighted by atomic mass is 16.3. The lowest BCUT2D eigenvalue weighted by Crippen LogP contribution is -2.38. The number of benzene rings is 1. The average Bonchev–Trinajstić information content (AvgIpc) is 2.28. The third kappa shape index (κ3) is 5.63. The van der Waals surface area contributed by atoms with Gasteiger partial charge in [0.2, 0.25) is 0 Å². The number of hydrogen-bond acceptors (Lipinski definition) is 3. The molecule has 0 amide bonds. The van der Waals surface area contributed by atoms with E-state index in [9.17, 15) is 5.11 Å². The minimum absolute atomic E-state index is 0.0802. The van der Waals surface area contributed by atoms with E-state index in [0.717, 1.165) is 24.1 Å². The molecule has 0 fully saturated rings. The van der Waals surface area contributed by atoms with Gasteiger partial charge in [-0.1, -0.05) is 38.1 Å². The molecule has 0 aliphatic heterocycles. The second-order valence-corrected chi connectivity index (χ2v) is 5.67. The number of nitrogens with one attached hydrogen (secondary N) is 1. The third-order valence-corrected chi connectivity index (χ3v) is 2.89. The summed E-state index contributed by atoms with van der Waals surface area (Å²) < 4.78 is 0. The molecular formula is C15H25NO2. The first-order valence-corrected chi connectivity index (χ1v) is 6.55. The van der Waals surface area contributed by atoms with E-state index in [2.05, 4.69) is 19.2 Å². The molecule has 0 saturated carbocycles. The lowest BCUT2D eigenvalue weighted by molar-refractivity contribution is 0.0383. The zero-order chi connectivity index (χ0) is 13.6. The molecule has 1 aromatic carbocycles. The monoisotopic (exact) mass is 251 g/mol. The Kier molecular flexibility index (Phi) is 5.79. The fourth-order valence-electron chi connectivity index (χ4n) is 2.19. The molecule has 1 atom stereocenters. The summed E-state index contributed by atoms with van der Waals surface area (Å²) in [6.07, 6.45) is 0.795. The van der Waals surface area contributed by atoms with Crippen molar-refractivity contribution in [1.82, 2.24) is 5.32 Å². The molecule has 18 heavy (non-hydrogen) atoms. The van der Waals surface area contributed by atoms with Crippen LogP contribution in [0.5, 0.6) is 0 Å². The van der Waals surface area contributed by atoms with Crippen molar-refractivity contribution >= 4 is 0 Å². The van der Waals surface area contributed by atoms with Gasteiger partial charge in [-0.25, -0.2) is 0 Å². The molecule has 0 heterocycles. The molecule has 0 radical (unpaired) electrons. The lowest BCUT2D eigenvalue weighted by atomic mass is 9.94. The Morgan fingerprint density at radius 2 is 1.72 bits per heavy atom. The van der Waals surface area contributed by atoms with Crippen molar-refractivity contribution < 1.29 is 10.2 Å². The molecule has 3 nitrogen and oxygen atoms in total. The first kappa shape index (κ1) is 15.2. The highest BCUT2D eigenvalue weighted by Gasteiger charge is 2.20. The molecule has 3 N–H and O–H groups in total. The van der Waals surface area contributed by atoms with Gasteiger partial charge in [-0.05, 0) is 30.4 Å². The molecule has 0 bridgehead atoms. The van der Waals surface area contributed by atoms with Crippen LogP contribution in [-0.2, 0) is 13.2 Å². The van der Waals surface area contributed by atoms with E-state index in [-0.39, 0.29) is 6.61 Å². The molecule has 3 heteroatoms. The summed E-state index contributed by atoms with van der Waals surface area (Å²) >= 11 is 0. The quantitative estimate of drug-likeness (QED) is 0.695. The van der Waals surface area contributed by atoms with Crippen LogP contribution >= 0.6 is 0 Å². The molecule has 0 spiro atoms. The fraction of sp³-hybridized carbons (Fsp3) is 0.600. The largest absolute Gasteiger partial charge is 0.392 e. The van der Waals surface area contributed by atoms with Crippen LogP contribution in [0.4, 0.5) is 0 Å². The second-order valence-electron chi connectivity index (χ2n) is 5.67. The van der Waals surface area contributed by atoms with Gasteiger partial charge in [-0.2, -0.15) is 0 Å². The van der Waals surface area contributed by atoms with Crippen molar-refractivity contribution in [2.75, 3.05) is 6.54 Å². The standard InChI is InChI=1S/C15H25NO2/c1-12(2)8-15(3,18)11-16-9-13-4-6-14(10-17)7-5-13/h4-7,12,16-18H,8-11H2,1-3H3. The van der Waals surface area contributed by atoms with Crippen molar-refractivity contribution in [2.45, 2.75) is 45.9 Å². The summed E-state index contributed by atoms with van der Waals surface area (Å²) in [5.74, 6) is 0.491. The summed E-state index contributed by atoms with van der Waals surface area (Å²) in [6.45, 7) is 7.50. The maximum absolute atomic E-state index is 10.1. The van der Waals surface area contributed by atoms with E-state index in [4.69, 9.17) is 5.11 Å². The van der Waals surface area contributed by atoms with Crippen molar-refractivity contribution in [3.05, 3.63) is 35.4 Å². The lowest BCUT2D eigenvalue weighted by Gasteiger charge is -2.25. The van der Waals surface area contributed by atoms with Gasteiger partial charge >= 0.3 is 0 Å².